The Morgan fingerprint density at radius 1 is 0.955 bits per heavy atom. The zero-order valence-electron chi connectivity index (χ0n) is 12.9. The molecule has 0 saturated heterocycles. The van der Waals surface area contributed by atoms with Crippen LogP contribution >= 0.6 is 0 Å². The van der Waals surface area contributed by atoms with Crippen LogP contribution in [0.2, 0.25) is 0 Å². The second-order valence-corrected chi connectivity index (χ2v) is 5.37. The van der Waals surface area contributed by atoms with Crippen LogP contribution in [-0.4, -0.2) is 6.61 Å². The van der Waals surface area contributed by atoms with Crippen LogP contribution < -0.4 is 33.3 Å². The number of benzene rings is 2. The monoisotopic (exact) mass is 405 g/mol. The lowest BCUT2D eigenvalue weighted by Gasteiger charge is -2.07. The van der Waals surface area contributed by atoms with Crippen molar-refractivity contribution in [1.82, 2.24) is 0 Å². The van der Waals surface area contributed by atoms with E-state index in [4.69, 9.17) is 4.74 Å². The van der Waals surface area contributed by atoms with Gasteiger partial charge in [0.15, 0.2) is 12.7 Å². The van der Waals surface area contributed by atoms with Crippen LogP contribution in [0.1, 0.15) is 11.1 Å². The van der Waals surface area contributed by atoms with Crippen LogP contribution in [0, 0.1) is 13.8 Å². The highest BCUT2D eigenvalue weighted by Crippen LogP contribution is 2.14. The summed E-state index contributed by atoms with van der Waals surface area (Å²) in [6.45, 7) is 5.74. The molecule has 0 bridgehead atoms. The zero-order chi connectivity index (χ0) is 14.7. The Morgan fingerprint density at radius 3 is 2.59 bits per heavy atom. The molecule has 0 saturated carbocycles. The number of nitrogens with zero attached hydrogens (tertiary/aromatic N) is 1. The average Bonchev–Trinajstić information content (AvgIpc) is 2.50. The third kappa shape index (κ3) is 3.77. The molecule has 3 heteroatoms. The maximum absolute atomic E-state index is 5.85. The summed E-state index contributed by atoms with van der Waals surface area (Å²) in [4.78, 5) is 0. The molecule has 22 heavy (non-hydrogen) atoms. The third-order valence-corrected chi connectivity index (χ3v) is 3.73. The first-order valence-electron chi connectivity index (χ1n) is 7.31. The van der Waals surface area contributed by atoms with Crippen molar-refractivity contribution in [2.24, 2.45) is 0 Å². The standard InChI is InChI=1S/C19H20NO.HI/c1-15-6-5-7-17(14-15)21-13-12-20-11-10-16(2)18-8-3-4-9-19(18)20;/h3-11,14H,12-13H2,1-2H3;1H/q+1;/p-1. The van der Waals surface area contributed by atoms with Gasteiger partial charge < -0.3 is 28.7 Å². The molecule has 0 aliphatic heterocycles. The van der Waals surface area contributed by atoms with E-state index in [9.17, 15) is 0 Å². The van der Waals surface area contributed by atoms with Gasteiger partial charge >= 0.3 is 0 Å². The molecule has 0 N–H and O–H groups in total. The number of hydrogen-bond acceptors (Lipinski definition) is 1. The molecule has 2 nitrogen and oxygen atoms in total. The second kappa shape index (κ2) is 7.58. The number of aromatic nitrogens is 1. The Balaban J connectivity index is 0.00000176. The minimum absolute atomic E-state index is 0. The van der Waals surface area contributed by atoms with Gasteiger partial charge in [0.05, 0.1) is 0 Å². The normalized spacial score (nSPS) is 10.3. The van der Waals surface area contributed by atoms with E-state index in [0.717, 1.165) is 12.3 Å². The fourth-order valence-electron chi connectivity index (χ4n) is 2.59. The summed E-state index contributed by atoms with van der Waals surface area (Å²) < 4.78 is 8.10. The fourth-order valence-corrected chi connectivity index (χ4v) is 2.59. The van der Waals surface area contributed by atoms with Crippen LogP contribution in [0.5, 0.6) is 5.75 Å². The molecule has 0 fully saturated rings. The zero-order valence-corrected chi connectivity index (χ0v) is 15.1. The molecule has 1 heterocycles. The van der Waals surface area contributed by atoms with Gasteiger partial charge in [-0.25, -0.2) is 0 Å². The fraction of sp³-hybridized carbons (Fsp3) is 0.211. The third-order valence-electron chi connectivity index (χ3n) is 3.73. The van der Waals surface area contributed by atoms with Crippen molar-refractivity contribution < 1.29 is 33.3 Å². The van der Waals surface area contributed by atoms with Crippen LogP contribution in [0.15, 0.2) is 60.8 Å². The Labute approximate surface area is 148 Å². The molecule has 3 aromatic rings. The Bertz CT molecular complexity index is 770. The summed E-state index contributed by atoms with van der Waals surface area (Å²) in [5, 5.41) is 1.30. The van der Waals surface area contributed by atoms with Gasteiger partial charge in [0.25, 0.3) is 0 Å². The molecule has 1 aromatic heterocycles. The van der Waals surface area contributed by atoms with Crippen LogP contribution in [0.4, 0.5) is 0 Å². The van der Waals surface area contributed by atoms with E-state index in [-0.39, 0.29) is 24.0 Å². The van der Waals surface area contributed by atoms with Gasteiger partial charge in [0, 0.05) is 17.5 Å². The number of pyridine rings is 1. The smallest absolute Gasteiger partial charge is 0.212 e. The Kier molecular flexibility index (Phi) is 5.77. The number of hydrogen-bond donors (Lipinski definition) is 0. The molecule has 0 aliphatic carbocycles. The molecule has 0 radical (unpaired) electrons. The highest BCUT2D eigenvalue weighted by molar-refractivity contribution is 5.78. The molecular formula is C19H20INO. The highest BCUT2D eigenvalue weighted by atomic mass is 127. The molecule has 0 aliphatic rings. The predicted molar refractivity (Wildman–Crippen MR) is 85.6 cm³/mol. The predicted octanol–water partition coefficient (Wildman–Crippen LogP) is 0.827. The molecule has 2 aromatic carbocycles. The topological polar surface area (TPSA) is 13.1 Å². The molecule has 0 unspecified atom stereocenters. The summed E-state index contributed by atoms with van der Waals surface area (Å²) in [6, 6.07) is 18.8. The number of rotatable bonds is 4. The van der Waals surface area contributed by atoms with E-state index in [2.05, 4.69) is 67.1 Å². The maximum Gasteiger partial charge on any atom is 0.212 e. The van der Waals surface area contributed by atoms with Gasteiger partial charge in [-0.2, -0.15) is 4.57 Å². The van der Waals surface area contributed by atoms with Crippen LogP contribution in [0.3, 0.4) is 0 Å². The highest BCUT2D eigenvalue weighted by Gasteiger charge is 2.09. The van der Waals surface area contributed by atoms with Crippen molar-refractivity contribution in [2.75, 3.05) is 6.61 Å². The van der Waals surface area contributed by atoms with Crippen LogP contribution in [-0.2, 0) is 6.54 Å². The van der Waals surface area contributed by atoms with Gasteiger partial charge in [-0.15, -0.1) is 0 Å². The van der Waals surface area contributed by atoms with E-state index < -0.39 is 0 Å². The van der Waals surface area contributed by atoms with Crippen molar-refractivity contribution in [2.45, 2.75) is 20.4 Å². The quantitative estimate of drug-likeness (QED) is 0.463. The largest absolute Gasteiger partial charge is 1.00 e. The van der Waals surface area contributed by atoms with Crippen LogP contribution in [0.25, 0.3) is 10.9 Å². The minimum atomic E-state index is 0. The summed E-state index contributed by atoms with van der Waals surface area (Å²) in [7, 11) is 0. The number of ether oxygens (including phenoxy) is 1. The molecule has 0 atom stereocenters. The van der Waals surface area contributed by atoms with Crippen molar-refractivity contribution in [3.63, 3.8) is 0 Å². The number of para-hydroxylation sites is 1. The van der Waals surface area contributed by atoms with Gasteiger partial charge in [0.2, 0.25) is 5.52 Å². The number of halogens is 1. The summed E-state index contributed by atoms with van der Waals surface area (Å²) in [6.07, 6.45) is 2.14. The molecule has 0 spiro atoms. The second-order valence-electron chi connectivity index (χ2n) is 5.37. The maximum atomic E-state index is 5.85. The number of aryl methyl sites for hydroxylation is 2. The SMILES string of the molecule is Cc1cccc(OCC[n+]2ccc(C)c3ccccc32)c1.[I-]. The number of fused-ring (bicyclic) bond motifs is 1. The lowest BCUT2D eigenvalue weighted by atomic mass is 10.1. The van der Waals surface area contributed by atoms with E-state index in [1.54, 1.807) is 0 Å². The average molecular weight is 405 g/mol. The van der Waals surface area contributed by atoms with E-state index >= 15 is 0 Å². The van der Waals surface area contributed by atoms with Gasteiger partial charge in [0.1, 0.15) is 12.4 Å². The first kappa shape index (κ1) is 16.7. The first-order chi connectivity index (χ1) is 10.2. The minimum Gasteiger partial charge on any atom is -1.00 e. The lowest BCUT2D eigenvalue weighted by Crippen LogP contribution is -3.00. The van der Waals surface area contributed by atoms with Gasteiger partial charge in [-0.05, 0) is 43.2 Å². The molecule has 3 rings (SSSR count). The summed E-state index contributed by atoms with van der Waals surface area (Å²) >= 11 is 0. The van der Waals surface area contributed by atoms with Crippen molar-refractivity contribution in [1.29, 1.82) is 0 Å². The van der Waals surface area contributed by atoms with Gasteiger partial charge in [-0.3, -0.25) is 0 Å². The van der Waals surface area contributed by atoms with Crippen molar-refractivity contribution >= 4 is 10.9 Å². The summed E-state index contributed by atoms with van der Waals surface area (Å²) in [5.74, 6) is 0.937. The Hall–Kier alpha value is -1.62. The Morgan fingerprint density at radius 2 is 1.77 bits per heavy atom. The lowest BCUT2D eigenvalue weighted by molar-refractivity contribution is -0.672. The first-order valence-corrected chi connectivity index (χ1v) is 7.31. The molecular weight excluding hydrogens is 385 g/mol. The molecule has 0 amide bonds. The van der Waals surface area contributed by atoms with E-state index in [1.807, 2.05) is 12.1 Å². The van der Waals surface area contributed by atoms with Crippen molar-refractivity contribution in [3.8, 4) is 5.75 Å². The van der Waals surface area contributed by atoms with E-state index in [0.29, 0.717) is 6.61 Å². The van der Waals surface area contributed by atoms with Crippen molar-refractivity contribution in [3.05, 3.63) is 71.9 Å². The summed E-state index contributed by atoms with van der Waals surface area (Å²) in [5.41, 5.74) is 3.78. The van der Waals surface area contributed by atoms with Gasteiger partial charge in [-0.1, -0.05) is 24.3 Å². The van der Waals surface area contributed by atoms with E-state index in [1.165, 1.54) is 22.0 Å². The molecule has 114 valence electrons.